The van der Waals surface area contributed by atoms with Crippen molar-refractivity contribution in [2.45, 2.75) is 44.2 Å². The van der Waals surface area contributed by atoms with Crippen molar-refractivity contribution in [3.05, 3.63) is 35.9 Å². The van der Waals surface area contributed by atoms with Gasteiger partial charge in [0.05, 0.1) is 0 Å². The minimum atomic E-state index is -0.159. The van der Waals surface area contributed by atoms with E-state index in [0.717, 1.165) is 58.3 Å². The first-order valence-electron chi connectivity index (χ1n) is 9.14. The summed E-state index contributed by atoms with van der Waals surface area (Å²) in [4.78, 5) is 30.9. The highest BCUT2D eigenvalue weighted by Gasteiger charge is 2.49. The maximum atomic E-state index is 12.5. The monoisotopic (exact) mass is 327 g/mol. The smallest absolute Gasteiger partial charge is 0.312 e. The Morgan fingerprint density at radius 1 is 0.958 bits per heavy atom. The quantitative estimate of drug-likeness (QED) is 0.796. The first-order valence-corrected chi connectivity index (χ1v) is 9.14. The van der Waals surface area contributed by atoms with Gasteiger partial charge in [-0.1, -0.05) is 30.3 Å². The van der Waals surface area contributed by atoms with Crippen molar-refractivity contribution < 1.29 is 9.59 Å². The molecule has 128 valence electrons. The zero-order valence-corrected chi connectivity index (χ0v) is 14.1. The van der Waals surface area contributed by atoms with Crippen LogP contribution in [0, 0.1) is 0 Å². The molecule has 0 N–H and O–H groups in total. The third-order valence-electron chi connectivity index (χ3n) is 5.71. The molecule has 0 radical (unpaired) electrons. The molecule has 0 spiro atoms. The van der Waals surface area contributed by atoms with E-state index in [1.54, 1.807) is 9.80 Å². The number of piperidine rings is 1. The number of amides is 3. The van der Waals surface area contributed by atoms with E-state index in [4.69, 9.17) is 0 Å². The number of fused-ring (bicyclic) bond motifs is 1. The molecule has 0 aromatic heterocycles. The highest BCUT2D eigenvalue weighted by atomic mass is 16.2. The molecule has 0 unspecified atom stereocenters. The van der Waals surface area contributed by atoms with Crippen LogP contribution < -0.4 is 0 Å². The van der Waals surface area contributed by atoms with Crippen LogP contribution in [0.15, 0.2) is 30.3 Å². The van der Waals surface area contributed by atoms with Gasteiger partial charge in [0.15, 0.2) is 0 Å². The molecule has 1 aromatic carbocycles. The number of rotatable bonds is 4. The molecule has 1 atom stereocenters. The van der Waals surface area contributed by atoms with Crippen molar-refractivity contribution >= 4 is 11.9 Å². The van der Waals surface area contributed by atoms with Gasteiger partial charge in [-0.05, 0) is 37.7 Å². The fraction of sp³-hybridized carbons (Fsp3) is 0.579. The van der Waals surface area contributed by atoms with Gasteiger partial charge in [0.2, 0.25) is 0 Å². The van der Waals surface area contributed by atoms with Gasteiger partial charge in [-0.25, -0.2) is 4.79 Å². The van der Waals surface area contributed by atoms with Crippen LogP contribution in [0.1, 0.15) is 31.2 Å². The Hall–Kier alpha value is -1.88. The Kier molecular flexibility index (Phi) is 4.27. The number of likely N-dealkylation sites (tertiary alicyclic amines) is 1. The van der Waals surface area contributed by atoms with E-state index in [1.807, 2.05) is 6.07 Å². The van der Waals surface area contributed by atoms with Gasteiger partial charge in [-0.2, -0.15) is 0 Å². The minimum Gasteiger partial charge on any atom is -0.312 e. The molecular weight excluding hydrogens is 302 g/mol. The van der Waals surface area contributed by atoms with Crippen LogP contribution in [0.3, 0.4) is 0 Å². The molecule has 3 aliphatic heterocycles. The molecule has 0 saturated carbocycles. The SMILES string of the molecule is O=C1[C@@H]2CCCN2C(=O)N1C1CCN(CCc2ccccc2)CC1. The summed E-state index contributed by atoms with van der Waals surface area (Å²) in [5.74, 6) is 0.0558. The Balaban J connectivity index is 1.30. The number of benzene rings is 1. The van der Waals surface area contributed by atoms with E-state index in [0.29, 0.717) is 0 Å². The lowest BCUT2D eigenvalue weighted by Gasteiger charge is -2.35. The molecule has 1 aromatic rings. The number of carbonyl (C=O) groups excluding carboxylic acids is 2. The van der Waals surface area contributed by atoms with Crippen LogP contribution in [0.2, 0.25) is 0 Å². The van der Waals surface area contributed by atoms with E-state index in [2.05, 4.69) is 29.2 Å². The van der Waals surface area contributed by atoms with Gasteiger partial charge in [0, 0.05) is 32.2 Å². The summed E-state index contributed by atoms with van der Waals surface area (Å²) in [5, 5.41) is 0. The average molecular weight is 327 g/mol. The molecule has 0 bridgehead atoms. The van der Waals surface area contributed by atoms with Gasteiger partial charge in [0.1, 0.15) is 6.04 Å². The van der Waals surface area contributed by atoms with Crippen LogP contribution in [0.4, 0.5) is 4.79 Å². The van der Waals surface area contributed by atoms with Gasteiger partial charge < -0.3 is 9.80 Å². The van der Waals surface area contributed by atoms with Crippen LogP contribution in [0.25, 0.3) is 0 Å². The van der Waals surface area contributed by atoms with Crippen molar-refractivity contribution in [2.24, 2.45) is 0 Å². The summed E-state index contributed by atoms with van der Waals surface area (Å²) in [6.07, 6.45) is 4.69. The van der Waals surface area contributed by atoms with Crippen molar-refractivity contribution in [1.29, 1.82) is 0 Å². The van der Waals surface area contributed by atoms with E-state index < -0.39 is 0 Å². The molecule has 4 rings (SSSR count). The number of urea groups is 1. The number of imide groups is 1. The van der Waals surface area contributed by atoms with E-state index in [9.17, 15) is 9.59 Å². The summed E-state index contributed by atoms with van der Waals surface area (Å²) in [6, 6.07) is 10.5. The Morgan fingerprint density at radius 2 is 1.71 bits per heavy atom. The fourth-order valence-electron chi connectivity index (χ4n) is 4.31. The van der Waals surface area contributed by atoms with Crippen molar-refractivity contribution in [1.82, 2.24) is 14.7 Å². The second-order valence-electron chi connectivity index (χ2n) is 7.15. The first-order chi connectivity index (χ1) is 11.7. The van der Waals surface area contributed by atoms with Gasteiger partial charge in [-0.15, -0.1) is 0 Å². The summed E-state index contributed by atoms with van der Waals surface area (Å²) < 4.78 is 0. The predicted octanol–water partition coefficient (Wildman–Crippen LogP) is 2.12. The summed E-state index contributed by atoms with van der Waals surface area (Å²) >= 11 is 0. The van der Waals surface area contributed by atoms with Crippen LogP contribution in [0.5, 0.6) is 0 Å². The standard InChI is InChI=1S/C19H25N3O2/c23-18-17-7-4-11-21(17)19(24)22(18)16-9-13-20(14-10-16)12-8-15-5-2-1-3-6-15/h1-3,5-6,16-17H,4,7-14H2/t17-/m0/s1. The van der Waals surface area contributed by atoms with Crippen molar-refractivity contribution in [2.75, 3.05) is 26.2 Å². The molecule has 24 heavy (non-hydrogen) atoms. The lowest BCUT2D eigenvalue weighted by molar-refractivity contribution is -0.130. The van der Waals surface area contributed by atoms with Crippen LogP contribution in [-0.2, 0) is 11.2 Å². The molecule has 3 aliphatic rings. The highest BCUT2D eigenvalue weighted by molar-refractivity contribution is 6.04. The third kappa shape index (κ3) is 2.81. The molecule has 3 saturated heterocycles. The second-order valence-corrected chi connectivity index (χ2v) is 7.15. The predicted molar refractivity (Wildman–Crippen MR) is 91.6 cm³/mol. The first kappa shape index (κ1) is 15.6. The largest absolute Gasteiger partial charge is 0.327 e. The maximum Gasteiger partial charge on any atom is 0.327 e. The zero-order valence-electron chi connectivity index (χ0n) is 14.1. The molecule has 3 heterocycles. The maximum absolute atomic E-state index is 12.5. The summed E-state index contributed by atoms with van der Waals surface area (Å²) in [7, 11) is 0. The molecule has 5 heteroatoms. The Bertz CT molecular complexity index is 588. The third-order valence-corrected chi connectivity index (χ3v) is 5.71. The zero-order chi connectivity index (χ0) is 16.5. The normalized spacial score (nSPS) is 25.6. The summed E-state index contributed by atoms with van der Waals surface area (Å²) in [5.41, 5.74) is 1.37. The number of hydrogen-bond donors (Lipinski definition) is 0. The number of carbonyl (C=O) groups is 2. The lowest BCUT2D eigenvalue weighted by atomic mass is 10.0. The van der Waals surface area contributed by atoms with Crippen LogP contribution in [-0.4, -0.2) is 64.9 Å². The number of nitrogens with zero attached hydrogens (tertiary/aromatic N) is 3. The van der Waals surface area contributed by atoms with E-state index in [1.165, 1.54) is 5.56 Å². The second kappa shape index (κ2) is 6.55. The van der Waals surface area contributed by atoms with Gasteiger partial charge in [0.25, 0.3) is 5.91 Å². The van der Waals surface area contributed by atoms with Crippen molar-refractivity contribution in [3.8, 4) is 0 Å². The average Bonchev–Trinajstić information content (AvgIpc) is 3.19. The van der Waals surface area contributed by atoms with Crippen molar-refractivity contribution in [3.63, 3.8) is 0 Å². The van der Waals surface area contributed by atoms with E-state index >= 15 is 0 Å². The Labute approximate surface area is 143 Å². The van der Waals surface area contributed by atoms with Gasteiger partial charge >= 0.3 is 6.03 Å². The fourth-order valence-corrected chi connectivity index (χ4v) is 4.31. The molecular formula is C19H25N3O2. The van der Waals surface area contributed by atoms with Crippen LogP contribution >= 0.6 is 0 Å². The molecule has 3 fully saturated rings. The number of hydrogen-bond acceptors (Lipinski definition) is 3. The Morgan fingerprint density at radius 3 is 2.42 bits per heavy atom. The highest BCUT2D eigenvalue weighted by Crippen LogP contribution is 2.31. The molecule has 3 amide bonds. The topological polar surface area (TPSA) is 43.9 Å². The van der Waals surface area contributed by atoms with Gasteiger partial charge in [-0.3, -0.25) is 9.69 Å². The molecule has 0 aliphatic carbocycles. The lowest BCUT2D eigenvalue weighted by Crippen LogP contribution is -2.48. The minimum absolute atomic E-state index is 0.0368. The molecule has 5 nitrogen and oxygen atoms in total. The summed E-state index contributed by atoms with van der Waals surface area (Å²) in [6.45, 7) is 3.74. The van der Waals surface area contributed by atoms with E-state index in [-0.39, 0.29) is 24.0 Å².